The highest BCUT2D eigenvalue weighted by Crippen LogP contribution is 2.40. The second kappa shape index (κ2) is 5.69. The summed E-state index contributed by atoms with van der Waals surface area (Å²) in [7, 11) is 0. The molecule has 2 atom stereocenters. The van der Waals surface area contributed by atoms with Gasteiger partial charge in [-0.15, -0.1) is 0 Å². The third kappa shape index (κ3) is 2.60. The van der Waals surface area contributed by atoms with Crippen LogP contribution in [0.2, 0.25) is 0 Å². The van der Waals surface area contributed by atoms with Crippen molar-refractivity contribution >= 4 is 11.6 Å². The van der Waals surface area contributed by atoms with Crippen LogP contribution in [0.4, 0.5) is 11.6 Å². The van der Waals surface area contributed by atoms with Crippen LogP contribution < -0.4 is 9.80 Å². The summed E-state index contributed by atoms with van der Waals surface area (Å²) in [6.45, 7) is 3.98. The zero-order chi connectivity index (χ0) is 16.8. The van der Waals surface area contributed by atoms with Gasteiger partial charge in [-0.1, -0.05) is 0 Å². The Morgan fingerprint density at radius 1 is 1.00 bits per heavy atom. The van der Waals surface area contributed by atoms with Gasteiger partial charge >= 0.3 is 0 Å². The molecule has 0 radical (unpaired) electrons. The first-order valence-corrected chi connectivity index (χ1v) is 8.99. The van der Waals surface area contributed by atoms with Crippen LogP contribution in [-0.2, 0) is 0 Å². The fourth-order valence-electron chi connectivity index (χ4n) is 4.23. The first-order chi connectivity index (χ1) is 12.3. The lowest BCUT2D eigenvalue weighted by atomic mass is 10.0. The molecule has 0 spiro atoms. The van der Waals surface area contributed by atoms with Gasteiger partial charge in [-0.2, -0.15) is 5.26 Å². The average molecular weight is 332 g/mol. The summed E-state index contributed by atoms with van der Waals surface area (Å²) in [6, 6.07) is 8.12. The lowest BCUT2D eigenvalue weighted by molar-refractivity contribution is 0.533. The van der Waals surface area contributed by atoms with Crippen LogP contribution >= 0.6 is 0 Å². The van der Waals surface area contributed by atoms with Gasteiger partial charge in [0.1, 0.15) is 24.0 Å². The molecule has 2 aromatic heterocycles. The maximum absolute atomic E-state index is 9.31. The fraction of sp³-hybridized carbons (Fsp3) is 0.474. The molecule has 2 saturated heterocycles. The number of anilines is 2. The van der Waals surface area contributed by atoms with Gasteiger partial charge in [-0.25, -0.2) is 15.0 Å². The molecule has 3 aliphatic rings. The molecule has 0 N–H and O–H groups in total. The molecular formula is C19H20N6. The number of pyridine rings is 1. The molecule has 1 saturated carbocycles. The van der Waals surface area contributed by atoms with Crippen LogP contribution in [0.3, 0.4) is 0 Å². The van der Waals surface area contributed by atoms with Crippen molar-refractivity contribution in [1.82, 2.24) is 15.0 Å². The van der Waals surface area contributed by atoms with Crippen molar-refractivity contribution in [2.75, 3.05) is 36.0 Å². The van der Waals surface area contributed by atoms with Crippen molar-refractivity contribution in [3.63, 3.8) is 0 Å². The Balaban J connectivity index is 1.31. The van der Waals surface area contributed by atoms with Crippen molar-refractivity contribution in [1.29, 1.82) is 5.26 Å². The summed E-state index contributed by atoms with van der Waals surface area (Å²) in [5.41, 5.74) is 1.88. The third-order valence-corrected chi connectivity index (χ3v) is 5.69. The van der Waals surface area contributed by atoms with Crippen LogP contribution in [0.15, 0.2) is 30.7 Å². The SMILES string of the molecule is N#Cc1cccnc1N1CC2CN(c3cc(C4CC4)ncn3)CC2C1. The minimum atomic E-state index is 0.605. The molecule has 6 nitrogen and oxygen atoms in total. The number of rotatable bonds is 3. The molecule has 0 amide bonds. The summed E-state index contributed by atoms with van der Waals surface area (Å²) in [4.78, 5) is 18.1. The molecule has 4 heterocycles. The third-order valence-electron chi connectivity index (χ3n) is 5.69. The Morgan fingerprint density at radius 3 is 2.48 bits per heavy atom. The first-order valence-electron chi connectivity index (χ1n) is 8.99. The zero-order valence-corrected chi connectivity index (χ0v) is 14.0. The van der Waals surface area contributed by atoms with E-state index in [0.29, 0.717) is 23.3 Å². The first kappa shape index (κ1) is 14.6. The molecule has 2 aliphatic heterocycles. The van der Waals surface area contributed by atoms with E-state index in [1.165, 1.54) is 18.5 Å². The smallest absolute Gasteiger partial charge is 0.146 e. The predicted octanol–water partition coefficient (Wildman–Crippen LogP) is 2.19. The molecule has 2 unspecified atom stereocenters. The maximum Gasteiger partial charge on any atom is 0.146 e. The topological polar surface area (TPSA) is 68.9 Å². The standard InChI is InChI=1S/C19H20N6/c20-7-14-2-1-5-21-19(14)25-10-15-8-24(9-16(15)11-25)18-6-17(13-3-4-13)22-12-23-18/h1-2,5-6,12-13,15-16H,3-4,8-11H2. The van der Waals surface area contributed by atoms with Gasteiger partial charge in [0, 0.05) is 61.9 Å². The molecule has 2 aromatic rings. The summed E-state index contributed by atoms with van der Waals surface area (Å²) in [5.74, 6) is 3.78. The second-order valence-corrected chi connectivity index (χ2v) is 7.39. The minimum absolute atomic E-state index is 0.605. The molecule has 5 rings (SSSR count). The van der Waals surface area contributed by atoms with Crippen molar-refractivity contribution in [3.8, 4) is 6.07 Å². The van der Waals surface area contributed by atoms with Gasteiger partial charge in [0.2, 0.25) is 0 Å². The van der Waals surface area contributed by atoms with Crippen LogP contribution in [0.25, 0.3) is 0 Å². The van der Waals surface area contributed by atoms with Crippen molar-refractivity contribution < 1.29 is 0 Å². The highest BCUT2D eigenvalue weighted by atomic mass is 15.3. The lowest BCUT2D eigenvalue weighted by Crippen LogP contribution is -2.30. The summed E-state index contributed by atoms with van der Waals surface area (Å²) in [6.07, 6.45) is 6.03. The van der Waals surface area contributed by atoms with Gasteiger partial charge in [0.05, 0.1) is 5.56 Å². The highest BCUT2D eigenvalue weighted by molar-refractivity contribution is 5.55. The zero-order valence-electron chi connectivity index (χ0n) is 14.0. The summed E-state index contributed by atoms with van der Waals surface area (Å²) < 4.78 is 0. The Kier molecular flexibility index (Phi) is 3.34. The minimum Gasteiger partial charge on any atom is -0.356 e. The second-order valence-electron chi connectivity index (χ2n) is 7.39. The van der Waals surface area contributed by atoms with E-state index in [1.807, 2.05) is 12.1 Å². The Labute approximate surface area is 147 Å². The number of aromatic nitrogens is 3. The summed E-state index contributed by atoms with van der Waals surface area (Å²) in [5, 5.41) is 9.31. The van der Waals surface area contributed by atoms with Crippen molar-refractivity contribution in [3.05, 3.63) is 42.0 Å². The molecule has 126 valence electrons. The van der Waals surface area contributed by atoms with Crippen LogP contribution in [0.1, 0.15) is 30.0 Å². The number of hydrogen-bond acceptors (Lipinski definition) is 6. The number of hydrogen-bond donors (Lipinski definition) is 0. The van der Waals surface area contributed by atoms with Crippen molar-refractivity contribution in [2.24, 2.45) is 11.8 Å². The van der Waals surface area contributed by atoms with Gasteiger partial charge in [-0.05, 0) is 25.0 Å². The molecule has 0 bridgehead atoms. The van der Waals surface area contributed by atoms with Gasteiger partial charge in [-0.3, -0.25) is 0 Å². The molecule has 6 heteroatoms. The monoisotopic (exact) mass is 332 g/mol. The Hall–Kier alpha value is -2.68. The molecule has 1 aliphatic carbocycles. The maximum atomic E-state index is 9.31. The Bertz CT molecular complexity index is 826. The van der Waals surface area contributed by atoms with E-state index in [0.717, 1.165) is 37.8 Å². The quantitative estimate of drug-likeness (QED) is 0.858. The molecular weight excluding hydrogens is 312 g/mol. The van der Waals surface area contributed by atoms with E-state index in [1.54, 1.807) is 12.5 Å². The van der Waals surface area contributed by atoms with E-state index in [2.05, 4.69) is 36.9 Å². The number of fused-ring (bicyclic) bond motifs is 1. The molecule has 0 aromatic carbocycles. The number of nitrogens with zero attached hydrogens (tertiary/aromatic N) is 6. The Morgan fingerprint density at radius 2 is 1.76 bits per heavy atom. The van der Waals surface area contributed by atoms with Crippen molar-refractivity contribution in [2.45, 2.75) is 18.8 Å². The molecule has 25 heavy (non-hydrogen) atoms. The summed E-state index contributed by atoms with van der Waals surface area (Å²) >= 11 is 0. The van der Waals surface area contributed by atoms with Crippen LogP contribution in [0, 0.1) is 23.2 Å². The van der Waals surface area contributed by atoms with E-state index < -0.39 is 0 Å². The van der Waals surface area contributed by atoms with Gasteiger partial charge in [0.15, 0.2) is 0 Å². The van der Waals surface area contributed by atoms with E-state index in [9.17, 15) is 5.26 Å². The van der Waals surface area contributed by atoms with Gasteiger partial charge in [0.25, 0.3) is 0 Å². The highest BCUT2D eigenvalue weighted by Gasteiger charge is 2.41. The lowest BCUT2D eigenvalue weighted by Gasteiger charge is -2.23. The van der Waals surface area contributed by atoms with Crippen LogP contribution in [0.5, 0.6) is 0 Å². The van der Waals surface area contributed by atoms with E-state index >= 15 is 0 Å². The van der Waals surface area contributed by atoms with Crippen LogP contribution in [-0.4, -0.2) is 41.1 Å². The number of nitriles is 1. The average Bonchev–Trinajstić information content (AvgIpc) is 3.32. The normalized spacial score (nSPS) is 25.1. The fourth-order valence-corrected chi connectivity index (χ4v) is 4.23. The predicted molar refractivity (Wildman–Crippen MR) is 94.4 cm³/mol. The molecule has 3 fully saturated rings. The largest absolute Gasteiger partial charge is 0.356 e. The van der Waals surface area contributed by atoms with Gasteiger partial charge < -0.3 is 9.80 Å². The van der Waals surface area contributed by atoms with E-state index in [4.69, 9.17) is 0 Å². The van der Waals surface area contributed by atoms with E-state index in [-0.39, 0.29) is 0 Å².